The molecule has 1 N–H and O–H groups in total. The molecule has 0 saturated heterocycles. The summed E-state index contributed by atoms with van der Waals surface area (Å²) in [5.74, 6) is -0.412. The predicted octanol–water partition coefficient (Wildman–Crippen LogP) is 3.11. The summed E-state index contributed by atoms with van der Waals surface area (Å²) in [6, 6.07) is 7.87. The molecule has 0 amide bonds. The Balaban J connectivity index is 2.70. The molecule has 0 unspecified atom stereocenters. The molecule has 0 radical (unpaired) electrons. The van der Waals surface area contributed by atoms with Crippen LogP contribution in [0.1, 0.15) is 37.6 Å². The third-order valence-corrected chi connectivity index (χ3v) is 3.41. The third-order valence-electron chi connectivity index (χ3n) is 3.41. The van der Waals surface area contributed by atoms with Crippen LogP contribution in [0.25, 0.3) is 5.69 Å². The Hall–Kier alpha value is -2.30. The van der Waals surface area contributed by atoms with E-state index in [0.29, 0.717) is 11.4 Å². The van der Waals surface area contributed by atoms with Crippen molar-refractivity contribution < 1.29 is 14.6 Å². The van der Waals surface area contributed by atoms with Crippen LogP contribution in [0.15, 0.2) is 24.3 Å². The van der Waals surface area contributed by atoms with Gasteiger partial charge in [-0.25, -0.2) is 4.68 Å². The van der Waals surface area contributed by atoms with Crippen molar-refractivity contribution >= 4 is 5.97 Å². The van der Waals surface area contributed by atoms with Gasteiger partial charge in [0, 0.05) is 11.0 Å². The molecule has 1 aromatic carbocycles. The molecule has 1 heterocycles. The van der Waals surface area contributed by atoms with E-state index in [1.807, 2.05) is 52.0 Å². The molecule has 22 heavy (non-hydrogen) atoms. The number of hydrogen-bond acceptors (Lipinski definition) is 3. The number of carboxylic acid groups (broad SMARTS) is 1. The molecule has 2 rings (SSSR count). The Labute approximate surface area is 130 Å². The van der Waals surface area contributed by atoms with Crippen molar-refractivity contribution in [3.8, 4) is 11.6 Å². The van der Waals surface area contributed by atoms with E-state index in [9.17, 15) is 9.90 Å². The van der Waals surface area contributed by atoms with E-state index in [-0.39, 0.29) is 11.8 Å². The number of benzene rings is 1. The first-order valence-corrected chi connectivity index (χ1v) is 7.19. The number of aliphatic carboxylic acids is 1. The van der Waals surface area contributed by atoms with Gasteiger partial charge in [0.2, 0.25) is 5.88 Å². The molecule has 0 spiro atoms. The van der Waals surface area contributed by atoms with E-state index in [0.717, 1.165) is 16.9 Å². The molecule has 1 aromatic heterocycles. The van der Waals surface area contributed by atoms with Gasteiger partial charge in [-0.05, 0) is 24.6 Å². The molecule has 0 bridgehead atoms. The van der Waals surface area contributed by atoms with Crippen molar-refractivity contribution in [2.45, 2.75) is 39.5 Å². The average Bonchev–Trinajstić information content (AvgIpc) is 2.76. The van der Waals surface area contributed by atoms with Gasteiger partial charge in [0.05, 0.1) is 24.9 Å². The monoisotopic (exact) mass is 302 g/mol. The van der Waals surface area contributed by atoms with Gasteiger partial charge in [-0.3, -0.25) is 4.79 Å². The lowest BCUT2D eigenvalue weighted by atomic mass is 9.88. The minimum absolute atomic E-state index is 0.110. The summed E-state index contributed by atoms with van der Waals surface area (Å²) in [7, 11) is 1.54. The highest BCUT2D eigenvalue weighted by Crippen LogP contribution is 2.33. The van der Waals surface area contributed by atoms with Crippen molar-refractivity contribution in [2.24, 2.45) is 0 Å². The third kappa shape index (κ3) is 3.13. The first-order chi connectivity index (χ1) is 10.2. The second-order valence-corrected chi connectivity index (χ2v) is 6.41. The van der Waals surface area contributed by atoms with Crippen LogP contribution in [0.3, 0.4) is 0 Å². The van der Waals surface area contributed by atoms with Gasteiger partial charge in [0.15, 0.2) is 0 Å². The molecule has 0 aliphatic heterocycles. The first-order valence-electron chi connectivity index (χ1n) is 7.19. The van der Waals surface area contributed by atoms with Crippen LogP contribution in [0.4, 0.5) is 0 Å². The minimum Gasteiger partial charge on any atom is -0.481 e. The second kappa shape index (κ2) is 5.83. The molecule has 118 valence electrons. The lowest BCUT2D eigenvalue weighted by molar-refractivity contribution is -0.136. The number of aryl methyl sites for hydroxylation is 1. The molecular formula is C17H22N2O3. The van der Waals surface area contributed by atoms with Crippen LogP contribution in [0.5, 0.6) is 5.88 Å². The van der Waals surface area contributed by atoms with Crippen molar-refractivity contribution in [2.75, 3.05) is 7.11 Å². The zero-order valence-electron chi connectivity index (χ0n) is 13.7. The molecule has 0 aliphatic rings. The average molecular weight is 302 g/mol. The van der Waals surface area contributed by atoms with Crippen LogP contribution in [-0.4, -0.2) is 28.0 Å². The number of hydrogen-bond donors (Lipinski definition) is 1. The highest BCUT2D eigenvalue weighted by atomic mass is 16.5. The molecular weight excluding hydrogens is 280 g/mol. The first kappa shape index (κ1) is 16.1. The Morgan fingerprint density at radius 1 is 1.36 bits per heavy atom. The summed E-state index contributed by atoms with van der Waals surface area (Å²) in [5.41, 5.74) is 3.07. The fourth-order valence-corrected chi connectivity index (χ4v) is 2.49. The maximum atomic E-state index is 11.2. The van der Waals surface area contributed by atoms with Crippen molar-refractivity contribution in [1.82, 2.24) is 9.78 Å². The lowest BCUT2D eigenvalue weighted by Crippen LogP contribution is -2.16. The van der Waals surface area contributed by atoms with E-state index < -0.39 is 5.97 Å². The van der Waals surface area contributed by atoms with E-state index in [2.05, 4.69) is 5.10 Å². The number of nitrogens with zero attached hydrogens (tertiary/aromatic N) is 2. The van der Waals surface area contributed by atoms with Crippen molar-refractivity contribution in [3.63, 3.8) is 0 Å². The number of carbonyl (C=O) groups is 1. The molecule has 5 nitrogen and oxygen atoms in total. The summed E-state index contributed by atoms with van der Waals surface area (Å²) in [4.78, 5) is 11.2. The predicted molar refractivity (Wildman–Crippen MR) is 84.9 cm³/mol. The highest BCUT2D eigenvalue weighted by molar-refractivity contribution is 5.72. The second-order valence-electron chi connectivity index (χ2n) is 6.41. The maximum absolute atomic E-state index is 11.2. The molecule has 0 saturated carbocycles. The molecule has 0 aliphatic carbocycles. The van der Waals surface area contributed by atoms with Crippen molar-refractivity contribution in [3.05, 3.63) is 41.1 Å². The molecule has 5 heteroatoms. The van der Waals surface area contributed by atoms with Crippen LogP contribution in [0.2, 0.25) is 0 Å². The Morgan fingerprint density at radius 2 is 2.05 bits per heavy atom. The smallest absolute Gasteiger partial charge is 0.308 e. The van der Waals surface area contributed by atoms with Gasteiger partial charge in [0.25, 0.3) is 0 Å². The number of ether oxygens (including phenoxy) is 1. The van der Waals surface area contributed by atoms with Crippen LogP contribution >= 0.6 is 0 Å². The normalized spacial score (nSPS) is 11.5. The zero-order chi connectivity index (χ0) is 16.5. The summed E-state index contributed by atoms with van der Waals surface area (Å²) >= 11 is 0. The zero-order valence-corrected chi connectivity index (χ0v) is 13.7. The molecule has 0 fully saturated rings. The number of rotatable bonds is 4. The summed E-state index contributed by atoms with van der Waals surface area (Å²) in [5, 5.41) is 13.9. The van der Waals surface area contributed by atoms with E-state index >= 15 is 0 Å². The number of aromatic nitrogens is 2. The largest absolute Gasteiger partial charge is 0.481 e. The van der Waals surface area contributed by atoms with Crippen LogP contribution in [-0.2, 0) is 16.6 Å². The fourth-order valence-electron chi connectivity index (χ4n) is 2.49. The van der Waals surface area contributed by atoms with Gasteiger partial charge in [-0.15, -0.1) is 0 Å². The van der Waals surface area contributed by atoms with E-state index in [1.165, 1.54) is 0 Å². The van der Waals surface area contributed by atoms with Crippen LogP contribution in [0, 0.1) is 6.92 Å². The lowest BCUT2D eigenvalue weighted by Gasteiger charge is -2.16. The fraction of sp³-hybridized carbons (Fsp3) is 0.412. The molecule has 0 atom stereocenters. The van der Waals surface area contributed by atoms with Gasteiger partial charge >= 0.3 is 5.97 Å². The SMILES string of the molecule is COc1c(CC(=O)O)c(C(C)(C)C)nn1-c1cccc(C)c1. The molecule has 2 aromatic rings. The summed E-state index contributed by atoms with van der Waals surface area (Å²) in [6.45, 7) is 8.05. The Morgan fingerprint density at radius 3 is 2.55 bits per heavy atom. The number of carboxylic acids is 1. The Bertz CT molecular complexity index is 696. The standard InChI is InChI=1S/C17H22N2O3/c1-11-7-6-8-12(9-11)19-16(22-5)13(10-14(20)21)15(18-19)17(2,3)4/h6-9H,10H2,1-5H3,(H,20,21). The summed E-state index contributed by atoms with van der Waals surface area (Å²) in [6.07, 6.45) is -0.110. The quantitative estimate of drug-likeness (QED) is 0.942. The van der Waals surface area contributed by atoms with Gasteiger partial charge in [-0.2, -0.15) is 5.10 Å². The Kier molecular flexibility index (Phi) is 4.26. The van der Waals surface area contributed by atoms with Gasteiger partial charge < -0.3 is 9.84 Å². The van der Waals surface area contributed by atoms with Crippen LogP contribution < -0.4 is 4.74 Å². The summed E-state index contributed by atoms with van der Waals surface area (Å²) < 4.78 is 7.17. The minimum atomic E-state index is -0.896. The maximum Gasteiger partial charge on any atom is 0.308 e. The number of methoxy groups -OCH3 is 1. The van der Waals surface area contributed by atoms with Crippen molar-refractivity contribution in [1.29, 1.82) is 0 Å². The van der Waals surface area contributed by atoms with Gasteiger partial charge in [-0.1, -0.05) is 32.9 Å². The van der Waals surface area contributed by atoms with Gasteiger partial charge in [0.1, 0.15) is 0 Å². The topological polar surface area (TPSA) is 64.3 Å². The van der Waals surface area contributed by atoms with E-state index in [4.69, 9.17) is 4.74 Å². The highest BCUT2D eigenvalue weighted by Gasteiger charge is 2.29. The van der Waals surface area contributed by atoms with E-state index in [1.54, 1.807) is 11.8 Å².